The van der Waals surface area contributed by atoms with E-state index in [4.69, 9.17) is 4.98 Å². The summed E-state index contributed by atoms with van der Waals surface area (Å²) in [5, 5.41) is 10.7. The van der Waals surface area contributed by atoms with Gasteiger partial charge in [0, 0.05) is 24.2 Å². The highest BCUT2D eigenvalue weighted by Gasteiger charge is 2.36. The Hall–Kier alpha value is -4.02. The van der Waals surface area contributed by atoms with Crippen LogP contribution in [0.4, 0.5) is 10.8 Å². The van der Waals surface area contributed by atoms with Gasteiger partial charge in [0.15, 0.2) is 5.13 Å². The molecule has 1 aliphatic heterocycles. The molecule has 0 fully saturated rings. The van der Waals surface area contributed by atoms with Crippen molar-refractivity contribution in [3.63, 3.8) is 0 Å². The SMILES string of the molecule is CCCCN(CCCC)c1nc(-c2ccccc2)c(/C=C2\C(=O)N(c3ccccc3)C(=O)C(C#N)=C2C)s1. The minimum Gasteiger partial charge on any atom is -0.348 e. The van der Waals surface area contributed by atoms with Crippen LogP contribution < -0.4 is 9.80 Å². The third-order valence-electron chi connectivity index (χ3n) is 6.55. The van der Waals surface area contributed by atoms with Gasteiger partial charge < -0.3 is 4.90 Å². The first-order chi connectivity index (χ1) is 18.5. The number of anilines is 2. The second-order valence-electron chi connectivity index (χ2n) is 9.22. The fourth-order valence-electron chi connectivity index (χ4n) is 4.38. The van der Waals surface area contributed by atoms with Gasteiger partial charge in [-0.2, -0.15) is 5.26 Å². The molecule has 0 bridgehead atoms. The Morgan fingerprint density at radius 2 is 1.55 bits per heavy atom. The minimum atomic E-state index is -0.600. The summed E-state index contributed by atoms with van der Waals surface area (Å²) in [7, 11) is 0. The molecule has 0 atom stereocenters. The average molecular weight is 525 g/mol. The number of unbranched alkanes of at least 4 members (excludes halogenated alkanes) is 2. The number of thiazole rings is 1. The first-order valence-corrected chi connectivity index (χ1v) is 13.9. The van der Waals surface area contributed by atoms with Crippen molar-refractivity contribution in [3.05, 3.63) is 82.3 Å². The molecule has 0 saturated heterocycles. The number of hydrogen-bond acceptors (Lipinski definition) is 6. The van der Waals surface area contributed by atoms with Crippen molar-refractivity contribution in [1.82, 2.24) is 4.98 Å². The van der Waals surface area contributed by atoms with Crippen molar-refractivity contribution in [3.8, 4) is 17.3 Å². The van der Waals surface area contributed by atoms with Crippen LogP contribution in [0, 0.1) is 11.3 Å². The van der Waals surface area contributed by atoms with E-state index in [1.807, 2.05) is 42.5 Å². The highest BCUT2D eigenvalue weighted by Crippen LogP contribution is 2.38. The number of benzene rings is 2. The average Bonchev–Trinajstić information content (AvgIpc) is 3.36. The topological polar surface area (TPSA) is 77.3 Å². The van der Waals surface area contributed by atoms with Crippen molar-refractivity contribution in [2.24, 2.45) is 0 Å². The van der Waals surface area contributed by atoms with Crippen LogP contribution in [0.2, 0.25) is 0 Å². The first kappa shape index (κ1) is 27.0. The summed E-state index contributed by atoms with van der Waals surface area (Å²) in [5.74, 6) is -1.04. The van der Waals surface area contributed by atoms with Gasteiger partial charge in [0.05, 0.1) is 16.3 Å². The third-order valence-corrected chi connectivity index (χ3v) is 7.62. The van der Waals surface area contributed by atoms with Crippen LogP contribution in [0.15, 0.2) is 77.4 Å². The van der Waals surface area contributed by atoms with Crippen LogP contribution in [-0.2, 0) is 9.59 Å². The van der Waals surface area contributed by atoms with Gasteiger partial charge in [0.25, 0.3) is 11.8 Å². The van der Waals surface area contributed by atoms with Gasteiger partial charge in [-0.1, -0.05) is 86.6 Å². The second kappa shape index (κ2) is 12.5. The van der Waals surface area contributed by atoms with E-state index in [1.165, 1.54) is 0 Å². The molecular weight excluding hydrogens is 492 g/mol. The Kier molecular flexibility index (Phi) is 8.88. The van der Waals surface area contributed by atoms with Crippen molar-refractivity contribution < 1.29 is 9.59 Å². The number of amides is 2. The van der Waals surface area contributed by atoms with Gasteiger partial charge in [-0.3, -0.25) is 9.59 Å². The number of rotatable bonds is 10. The lowest BCUT2D eigenvalue weighted by atomic mass is 9.94. The molecule has 2 amide bonds. The molecule has 7 heteroatoms. The molecule has 2 heterocycles. The molecule has 0 N–H and O–H groups in total. The van der Waals surface area contributed by atoms with E-state index in [2.05, 4.69) is 18.7 Å². The number of aromatic nitrogens is 1. The predicted octanol–water partition coefficient (Wildman–Crippen LogP) is 7.01. The molecule has 194 valence electrons. The number of hydrogen-bond donors (Lipinski definition) is 0. The van der Waals surface area contributed by atoms with Crippen LogP contribution in [0.3, 0.4) is 0 Å². The van der Waals surface area contributed by atoms with Crippen LogP contribution in [0.5, 0.6) is 0 Å². The minimum absolute atomic E-state index is 0.0294. The van der Waals surface area contributed by atoms with E-state index in [-0.39, 0.29) is 5.57 Å². The van der Waals surface area contributed by atoms with Crippen molar-refractivity contribution in [2.45, 2.75) is 46.5 Å². The lowest BCUT2D eigenvalue weighted by Crippen LogP contribution is -2.42. The quantitative estimate of drug-likeness (QED) is 0.210. The fraction of sp³-hybridized carbons (Fsp3) is 0.290. The Labute approximate surface area is 228 Å². The zero-order chi connectivity index (χ0) is 27.1. The van der Waals surface area contributed by atoms with Crippen molar-refractivity contribution in [2.75, 3.05) is 22.9 Å². The second-order valence-corrected chi connectivity index (χ2v) is 10.2. The highest BCUT2D eigenvalue weighted by molar-refractivity contribution is 7.17. The molecule has 0 spiro atoms. The summed E-state index contributed by atoms with van der Waals surface area (Å²) in [6, 6.07) is 20.7. The van der Waals surface area contributed by atoms with E-state index >= 15 is 0 Å². The Morgan fingerprint density at radius 1 is 0.947 bits per heavy atom. The standard InChI is InChI=1S/C31H32N4O2S/c1-4-6-18-34(19-7-5-2)31-33-28(23-14-10-8-11-15-23)27(38-31)20-25-22(3)26(21-32)30(37)35(29(25)36)24-16-12-9-13-17-24/h8-17,20H,4-7,18-19H2,1-3H3/b25-20-. The number of para-hydroxylation sites is 1. The van der Waals surface area contributed by atoms with E-state index in [9.17, 15) is 14.9 Å². The number of carbonyl (C=O) groups is 2. The lowest BCUT2D eigenvalue weighted by Gasteiger charge is -2.27. The summed E-state index contributed by atoms with van der Waals surface area (Å²) in [6.07, 6.45) is 6.13. The Balaban J connectivity index is 1.87. The van der Waals surface area contributed by atoms with Crippen LogP contribution in [-0.4, -0.2) is 29.9 Å². The van der Waals surface area contributed by atoms with E-state index in [0.717, 1.165) is 64.9 Å². The van der Waals surface area contributed by atoms with Gasteiger partial charge in [0.1, 0.15) is 11.6 Å². The Morgan fingerprint density at radius 3 is 2.13 bits per heavy atom. The largest absolute Gasteiger partial charge is 0.348 e. The number of imide groups is 1. The maximum atomic E-state index is 13.8. The monoisotopic (exact) mass is 524 g/mol. The molecule has 4 rings (SSSR count). The lowest BCUT2D eigenvalue weighted by molar-refractivity contribution is -0.122. The van der Waals surface area contributed by atoms with Crippen molar-refractivity contribution >= 4 is 40.0 Å². The molecule has 1 aliphatic rings. The molecular formula is C31H32N4O2S. The predicted molar refractivity (Wildman–Crippen MR) is 155 cm³/mol. The molecule has 1 aromatic heterocycles. The molecule has 38 heavy (non-hydrogen) atoms. The summed E-state index contributed by atoms with van der Waals surface area (Å²) in [4.78, 5) is 36.2. The molecule has 3 aromatic rings. The van der Waals surface area contributed by atoms with E-state index in [0.29, 0.717) is 16.8 Å². The van der Waals surface area contributed by atoms with Crippen LogP contribution in [0.25, 0.3) is 17.3 Å². The normalized spacial score (nSPS) is 14.8. The fourth-order valence-corrected chi connectivity index (χ4v) is 5.46. The highest BCUT2D eigenvalue weighted by atomic mass is 32.1. The third kappa shape index (κ3) is 5.61. The maximum absolute atomic E-state index is 13.8. The maximum Gasteiger partial charge on any atom is 0.276 e. The van der Waals surface area contributed by atoms with E-state index < -0.39 is 11.8 Å². The van der Waals surface area contributed by atoms with Crippen LogP contribution >= 0.6 is 11.3 Å². The zero-order valence-electron chi connectivity index (χ0n) is 22.1. The summed E-state index contributed by atoms with van der Waals surface area (Å²) >= 11 is 1.54. The molecule has 0 aliphatic carbocycles. The smallest absolute Gasteiger partial charge is 0.276 e. The van der Waals surface area contributed by atoms with E-state index in [1.54, 1.807) is 48.6 Å². The van der Waals surface area contributed by atoms with Crippen molar-refractivity contribution in [1.29, 1.82) is 5.26 Å². The summed E-state index contributed by atoms with van der Waals surface area (Å²) in [6.45, 7) is 7.87. The Bertz CT molecular complexity index is 1390. The van der Waals surface area contributed by atoms with Crippen LogP contribution in [0.1, 0.15) is 51.3 Å². The molecule has 0 radical (unpaired) electrons. The summed E-state index contributed by atoms with van der Waals surface area (Å²) < 4.78 is 0. The molecule has 0 unspecified atom stereocenters. The molecule has 0 saturated carbocycles. The number of nitrogens with zero attached hydrogens (tertiary/aromatic N) is 4. The van der Waals surface area contributed by atoms with Gasteiger partial charge in [-0.05, 0) is 43.5 Å². The molecule has 2 aromatic carbocycles. The number of carbonyl (C=O) groups excluding carboxylic acids is 2. The first-order valence-electron chi connectivity index (χ1n) is 13.1. The molecule has 6 nitrogen and oxygen atoms in total. The van der Waals surface area contributed by atoms with Gasteiger partial charge >= 0.3 is 0 Å². The van der Waals surface area contributed by atoms with Gasteiger partial charge in [0.2, 0.25) is 0 Å². The summed E-state index contributed by atoms with van der Waals surface area (Å²) in [5.41, 5.74) is 2.86. The van der Waals surface area contributed by atoms with Gasteiger partial charge in [-0.25, -0.2) is 9.88 Å². The van der Waals surface area contributed by atoms with Gasteiger partial charge in [-0.15, -0.1) is 0 Å². The zero-order valence-corrected chi connectivity index (χ0v) is 22.9. The number of nitriles is 1.